The Bertz CT molecular complexity index is 303. The molecular formula is C11H14ClNO2. The van der Waals surface area contributed by atoms with Crippen LogP contribution in [0.15, 0.2) is 30.3 Å². The van der Waals surface area contributed by atoms with E-state index in [-0.39, 0.29) is 11.8 Å². The minimum Gasteiger partial charge on any atom is -0.358 e. The molecule has 0 saturated heterocycles. The smallest absolute Gasteiger partial charge is 0.253 e. The van der Waals surface area contributed by atoms with Crippen molar-refractivity contribution in [1.82, 2.24) is 5.32 Å². The molecular weight excluding hydrogens is 214 g/mol. The Kier molecular flexibility index (Phi) is 5.15. The molecule has 0 aliphatic rings. The van der Waals surface area contributed by atoms with E-state index < -0.39 is 6.23 Å². The van der Waals surface area contributed by atoms with Crippen LogP contribution < -0.4 is 5.32 Å². The van der Waals surface area contributed by atoms with Gasteiger partial charge in [0.15, 0.2) is 0 Å². The zero-order chi connectivity index (χ0) is 11.1. The number of carbonyl (C=O) groups is 1. The molecule has 1 amide bonds. The highest BCUT2D eigenvalue weighted by molar-refractivity contribution is 6.18. The Labute approximate surface area is 94.4 Å². The summed E-state index contributed by atoms with van der Waals surface area (Å²) in [6.45, 7) is 2.38. The predicted octanol–water partition coefficient (Wildman–Crippen LogP) is 2.02. The van der Waals surface area contributed by atoms with Gasteiger partial charge in [0.25, 0.3) is 5.91 Å². The number of hydrogen-bond donors (Lipinski definition) is 1. The molecule has 0 saturated carbocycles. The summed E-state index contributed by atoms with van der Waals surface area (Å²) in [5.74, 6) is 0.0709. The molecule has 0 aromatic heterocycles. The molecule has 1 aromatic rings. The van der Waals surface area contributed by atoms with Crippen LogP contribution in [0.3, 0.4) is 0 Å². The monoisotopic (exact) mass is 227 g/mol. The van der Waals surface area contributed by atoms with Gasteiger partial charge in [-0.3, -0.25) is 4.79 Å². The highest BCUT2D eigenvalue weighted by atomic mass is 35.5. The van der Waals surface area contributed by atoms with E-state index in [1.807, 2.05) is 25.1 Å². The van der Waals surface area contributed by atoms with Gasteiger partial charge in [0.2, 0.25) is 0 Å². The van der Waals surface area contributed by atoms with Gasteiger partial charge in [-0.25, -0.2) is 0 Å². The first-order valence-corrected chi connectivity index (χ1v) is 5.34. The lowest BCUT2D eigenvalue weighted by atomic mass is 10.2. The maximum absolute atomic E-state index is 11.6. The van der Waals surface area contributed by atoms with E-state index in [0.717, 1.165) is 0 Å². The van der Waals surface area contributed by atoms with Crippen LogP contribution in [0.5, 0.6) is 0 Å². The third kappa shape index (κ3) is 3.90. The summed E-state index contributed by atoms with van der Waals surface area (Å²) in [6, 6.07) is 8.97. The third-order valence-corrected chi connectivity index (χ3v) is 2.12. The second kappa shape index (κ2) is 6.43. The molecule has 0 radical (unpaired) electrons. The lowest BCUT2D eigenvalue weighted by Crippen LogP contribution is -2.38. The van der Waals surface area contributed by atoms with E-state index in [2.05, 4.69) is 5.32 Å². The molecule has 4 heteroatoms. The van der Waals surface area contributed by atoms with Gasteiger partial charge in [0.05, 0.1) is 5.88 Å². The number of amides is 1. The largest absolute Gasteiger partial charge is 0.358 e. The molecule has 1 atom stereocenters. The fraction of sp³-hybridized carbons (Fsp3) is 0.364. The molecule has 0 bridgehead atoms. The molecule has 1 unspecified atom stereocenters. The van der Waals surface area contributed by atoms with Gasteiger partial charge in [0.1, 0.15) is 6.23 Å². The average molecular weight is 228 g/mol. The Morgan fingerprint density at radius 2 is 2.13 bits per heavy atom. The Morgan fingerprint density at radius 1 is 1.47 bits per heavy atom. The van der Waals surface area contributed by atoms with Gasteiger partial charge in [-0.05, 0) is 19.1 Å². The zero-order valence-corrected chi connectivity index (χ0v) is 9.33. The summed E-state index contributed by atoms with van der Waals surface area (Å²) < 4.78 is 5.22. The molecule has 15 heavy (non-hydrogen) atoms. The van der Waals surface area contributed by atoms with Gasteiger partial charge in [-0.1, -0.05) is 18.2 Å². The van der Waals surface area contributed by atoms with Crippen LogP contribution in [-0.4, -0.2) is 24.6 Å². The third-order valence-electron chi connectivity index (χ3n) is 1.84. The number of benzene rings is 1. The Hall–Kier alpha value is -1.06. The van der Waals surface area contributed by atoms with Gasteiger partial charge in [-0.2, -0.15) is 0 Å². The van der Waals surface area contributed by atoms with E-state index in [0.29, 0.717) is 12.2 Å². The van der Waals surface area contributed by atoms with E-state index >= 15 is 0 Å². The van der Waals surface area contributed by atoms with E-state index in [1.165, 1.54) is 0 Å². The summed E-state index contributed by atoms with van der Waals surface area (Å²) in [5.41, 5.74) is 0.604. The van der Waals surface area contributed by atoms with Gasteiger partial charge in [-0.15, -0.1) is 11.6 Å². The van der Waals surface area contributed by atoms with E-state index in [4.69, 9.17) is 16.3 Å². The molecule has 0 heterocycles. The normalized spacial score (nSPS) is 12.1. The zero-order valence-electron chi connectivity index (χ0n) is 8.57. The minimum absolute atomic E-state index is 0.172. The summed E-state index contributed by atoms with van der Waals surface area (Å²) in [7, 11) is 0. The van der Waals surface area contributed by atoms with E-state index in [9.17, 15) is 4.79 Å². The van der Waals surface area contributed by atoms with Crippen molar-refractivity contribution >= 4 is 17.5 Å². The number of carbonyl (C=O) groups excluding carboxylic acids is 1. The van der Waals surface area contributed by atoms with Crippen molar-refractivity contribution in [3.8, 4) is 0 Å². The lowest BCUT2D eigenvalue weighted by Gasteiger charge is -2.15. The highest BCUT2D eigenvalue weighted by Crippen LogP contribution is 2.00. The molecule has 1 N–H and O–H groups in total. The van der Waals surface area contributed by atoms with Crippen molar-refractivity contribution in [2.75, 3.05) is 12.5 Å². The first kappa shape index (κ1) is 12.0. The van der Waals surface area contributed by atoms with Crippen LogP contribution in [0.25, 0.3) is 0 Å². The fourth-order valence-electron chi connectivity index (χ4n) is 1.15. The summed E-state index contributed by atoms with van der Waals surface area (Å²) >= 11 is 5.64. The molecule has 3 nitrogen and oxygen atoms in total. The maximum Gasteiger partial charge on any atom is 0.253 e. The molecule has 0 aliphatic heterocycles. The maximum atomic E-state index is 11.6. The number of rotatable bonds is 5. The van der Waals surface area contributed by atoms with E-state index in [1.54, 1.807) is 12.1 Å². The van der Waals surface area contributed by atoms with Gasteiger partial charge < -0.3 is 10.1 Å². The van der Waals surface area contributed by atoms with Crippen LogP contribution >= 0.6 is 11.6 Å². The molecule has 0 spiro atoms. The molecule has 82 valence electrons. The first-order chi connectivity index (χ1) is 7.27. The molecule has 1 aromatic carbocycles. The number of hydrogen-bond acceptors (Lipinski definition) is 2. The SMILES string of the molecule is CCOC(CCl)NC(=O)c1ccccc1. The summed E-state index contributed by atoms with van der Waals surface area (Å²) in [5, 5.41) is 2.69. The second-order valence-corrected chi connectivity index (χ2v) is 3.25. The standard InChI is InChI=1S/C11H14ClNO2/c1-2-15-10(8-12)13-11(14)9-6-4-3-5-7-9/h3-7,10H,2,8H2,1H3,(H,13,14). The number of halogens is 1. The first-order valence-electron chi connectivity index (χ1n) is 4.81. The number of alkyl halides is 1. The highest BCUT2D eigenvalue weighted by Gasteiger charge is 2.11. The second-order valence-electron chi connectivity index (χ2n) is 2.94. The van der Waals surface area contributed by atoms with Crippen LogP contribution in [0.4, 0.5) is 0 Å². The van der Waals surface area contributed by atoms with Crippen LogP contribution in [0.1, 0.15) is 17.3 Å². The van der Waals surface area contributed by atoms with Crippen LogP contribution in [0.2, 0.25) is 0 Å². The molecule has 0 aliphatic carbocycles. The summed E-state index contributed by atoms with van der Waals surface area (Å²) in [4.78, 5) is 11.6. The lowest BCUT2D eigenvalue weighted by molar-refractivity contribution is 0.0467. The predicted molar refractivity (Wildman–Crippen MR) is 60.0 cm³/mol. The van der Waals surface area contributed by atoms with Crippen molar-refractivity contribution < 1.29 is 9.53 Å². The Morgan fingerprint density at radius 3 is 2.67 bits per heavy atom. The molecule has 0 fully saturated rings. The van der Waals surface area contributed by atoms with Crippen LogP contribution in [0, 0.1) is 0 Å². The van der Waals surface area contributed by atoms with Gasteiger partial charge >= 0.3 is 0 Å². The van der Waals surface area contributed by atoms with Crippen molar-refractivity contribution in [1.29, 1.82) is 0 Å². The van der Waals surface area contributed by atoms with Gasteiger partial charge in [0, 0.05) is 12.2 Å². The average Bonchev–Trinajstić information content (AvgIpc) is 2.29. The quantitative estimate of drug-likeness (QED) is 0.618. The number of nitrogens with one attached hydrogen (secondary N) is 1. The topological polar surface area (TPSA) is 38.3 Å². The summed E-state index contributed by atoms with van der Waals surface area (Å²) in [6.07, 6.45) is -0.427. The van der Waals surface area contributed by atoms with Crippen molar-refractivity contribution in [2.45, 2.75) is 13.2 Å². The van der Waals surface area contributed by atoms with Crippen molar-refractivity contribution in [3.05, 3.63) is 35.9 Å². The van der Waals surface area contributed by atoms with Crippen molar-refractivity contribution in [2.24, 2.45) is 0 Å². The fourth-order valence-corrected chi connectivity index (χ4v) is 1.31. The van der Waals surface area contributed by atoms with Crippen LogP contribution in [-0.2, 0) is 4.74 Å². The Balaban J connectivity index is 2.55. The minimum atomic E-state index is -0.427. The molecule has 1 rings (SSSR count). The number of ether oxygens (including phenoxy) is 1. The van der Waals surface area contributed by atoms with Crippen molar-refractivity contribution in [3.63, 3.8) is 0 Å².